The molecule has 0 rings (SSSR count). The Bertz CT molecular complexity index is 254. The van der Waals surface area contributed by atoms with Crippen LogP contribution in [0.2, 0.25) is 0 Å². The Kier molecular flexibility index (Phi) is 12.3. The van der Waals surface area contributed by atoms with Crippen molar-refractivity contribution >= 4 is 11.9 Å². The van der Waals surface area contributed by atoms with Gasteiger partial charge in [-0.05, 0) is 24.7 Å². The second-order valence-electron chi connectivity index (χ2n) is 6.83. The molecule has 0 aromatic rings. The summed E-state index contributed by atoms with van der Waals surface area (Å²) in [5.41, 5.74) is 0. The fourth-order valence-corrected chi connectivity index (χ4v) is 2.23. The number of carbonyl (C=O) groups is 2. The third-order valence-corrected chi connectivity index (χ3v) is 3.55. The van der Waals surface area contributed by atoms with E-state index in [9.17, 15) is 9.59 Å². The molecule has 124 valence electrons. The van der Waals surface area contributed by atoms with Crippen LogP contribution in [-0.4, -0.2) is 11.9 Å². The molecule has 3 nitrogen and oxygen atoms in total. The molecule has 21 heavy (non-hydrogen) atoms. The lowest BCUT2D eigenvalue weighted by atomic mass is 10.0. The minimum atomic E-state index is -0.355. The molecule has 0 heterocycles. The van der Waals surface area contributed by atoms with E-state index in [1.54, 1.807) is 0 Å². The quantitative estimate of drug-likeness (QED) is 0.280. The monoisotopic (exact) mass is 298 g/mol. The van der Waals surface area contributed by atoms with Gasteiger partial charge >= 0.3 is 11.9 Å². The van der Waals surface area contributed by atoms with Crippen LogP contribution < -0.4 is 0 Å². The highest BCUT2D eigenvalue weighted by molar-refractivity contribution is 5.85. The van der Waals surface area contributed by atoms with E-state index in [2.05, 4.69) is 27.7 Å². The number of carbonyl (C=O) groups excluding carboxylic acids is 2. The largest absolute Gasteiger partial charge is 0.393 e. The maximum absolute atomic E-state index is 11.5. The predicted octanol–water partition coefficient (Wildman–Crippen LogP) is 5.27. The van der Waals surface area contributed by atoms with Crippen LogP contribution in [0.4, 0.5) is 0 Å². The maximum Gasteiger partial charge on any atom is 0.313 e. The fraction of sp³-hybridized carbons (Fsp3) is 0.889. The molecule has 0 amide bonds. The van der Waals surface area contributed by atoms with Gasteiger partial charge in [-0.15, -0.1) is 0 Å². The first-order valence-electron chi connectivity index (χ1n) is 8.65. The van der Waals surface area contributed by atoms with Crippen molar-refractivity contribution in [3.63, 3.8) is 0 Å². The molecule has 0 bridgehead atoms. The maximum atomic E-state index is 11.5. The molecule has 0 aliphatic carbocycles. The van der Waals surface area contributed by atoms with E-state index in [0.717, 1.165) is 38.5 Å². The molecular formula is C18H34O3. The van der Waals surface area contributed by atoms with Crippen molar-refractivity contribution in [3.8, 4) is 0 Å². The van der Waals surface area contributed by atoms with Gasteiger partial charge in [0.25, 0.3) is 0 Å². The van der Waals surface area contributed by atoms with Gasteiger partial charge in [0.1, 0.15) is 0 Å². The number of esters is 2. The Balaban J connectivity index is 3.46. The lowest BCUT2D eigenvalue weighted by Gasteiger charge is -2.05. The van der Waals surface area contributed by atoms with Crippen molar-refractivity contribution < 1.29 is 14.3 Å². The first-order valence-corrected chi connectivity index (χ1v) is 8.65. The van der Waals surface area contributed by atoms with Gasteiger partial charge in [-0.2, -0.15) is 0 Å². The summed E-state index contributed by atoms with van der Waals surface area (Å²) >= 11 is 0. The Morgan fingerprint density at radius 3 is 1.38 bits per heavy atom. The van der Waals surface area contributed by atoms with Crippen LogP contribution in [0.5, 0.6) is 0 Å². The highest BCUT2D eigenvalue weighted by Crippen LogP contribution is 2.11. The van der Waals surface area contributed by atoms with Gasteiger partial charge in [0.2, 0.25) is 0 Å². The lowest BCUT2D eigenvalue weighted by Crippen LogP contribution is -2.11. The van der Waals surface area contributed by atoms with Crippen LogP contribution in [0.3, 0.4) is 0 Å². The Morgan fingerprint density at radius 1 is 0.667 bits per heavy atom. The van der Waals surface area contributed by atoms with E-state index < -0.39 is 0 Å². The normalized spacial score (nSPS) is 11.1. The van der Waals surface area contributed by atoms with Gasteiger partial charge in [0.15, 0.2) is 0 Å². The van der Waals surface area contributed by atoms with E-state index in [4.69, 9.17) is 4.74 Å². The highest BCUT2D eigenvalue weighted by Gasteiger charge is 2.10. The van der Waals surface area contributed by atoms with Crippen molar-refractivity contribution in [3.05, 3.63) is 0 Å². The second-order valence-corrected chi connectivity index (χ2v) is 6.83. The van der Waals surface area contributed by atoms with E-state index in [-0.39, 0.29) is 11.9 Å². The summed E-state index contributed by atoms with van der Waals surface area (Å²) in [6.45, 7) is 8.81. The summed E-state index contributed by atoms with van der Waals surface area (Å²) < 4.78 is 4.83. The predicted molar refractivity (Wildman–Crippen MR) is 86.9 cm³/mol. The number of hydrogen-bond acceptors (Lipinski definition) is 3. The topological polar surface area (TPSA) is 43.4 Å². The molecule has 0 aromatic heterocycles. The molecular weight excluding hydrogens is 264 g/mol. The molecule has 0 fully saturated rings. The van der Waals surface area contributed by atoms with Gasteiger partial charge in [0, 0.05) is 12.8 Å². The summed E-state index contributed by atoms with van der Waals surface area (Å²) in [5, 5.41) is 0. The molecule has 3 heteroatoms. The molecule has 0 radical (unpaired) electrons. The van der Waals surface area contributed by atoms with Gasteiger partial charge in [-0.3, -0.25) is 9.59 Å². The van der Waals surface area contributed by atoms with Gasteiger partial charge < -0.3 is 4.74 Å². The highest BCUT2D eigenvalue weighted by atomic mass is 16.6. The number of unbranched alkanes of at least 4 members (excludes halogenated alkanes) is 4. The Hall–Kier alpha value is -0.860. The molecule has 0 spiro atoms. The summed E-state index contributed by atoms with van der Waals surface area (Å²) in [4.78, 5) is 23.0. The van der Waals surface area contributed by atoms with E-state index in [0.29, 0.717) is 24.7 Å². The molecule has 0 saturated heterocycles. The summed E-state index contributed by atoms with van der Waals surface area (Å²) in [7, 11) is 0. The smallest absolute Gasteiger partial charge is 0.313 e. The molecule has 0 saturated carbocycles. The fourth-order valence-electron chi connectivity index (χ4n) is 2.23. The third-order valence-electron chi connectivity index (χ3n) is 3.55. The third kappa shape index (κ3) is 15.3. The molecule has 0 aliphatic heterocycles. The van der Waals surface area contributed by atoms with Crippen molar-refractivity contribution in [2.24, 2.45) is 11.8 Å². The second kappa shape index (κ2) is 12.8. The zero-order chi connectivity index (χ0) is 16.1. The van der Waals surface area contributed by atoms with Crippen molar-refractivity contribution in [2.75, 3.05) is 0 Å². The summed E-state index contributed by atoms with van der Waals surface area (Å²) in [6, 6.07) is 0. The molecule has 0 unspecified atom stereocenters. The van der Waals surface area contributed by atoms with E-state index in [1.807, 2.05) is 0 Å². The standard InChI is InChI=1S/C18H34O3/c1-15(2)11-7-5-9-13-17(19)21-18(20)14-10-6-8-12-16(3)4/h15-16H,5-14H2,1-4H3. The van der Waals surface area contributed by atoms with Crippen LogP contribution >= 0.6 is 0 Å². The van der Waals surface area contributed by atoms with Crippen LogP contribution in [0, 0.1) is 11.8 Å². The van der Waals surface area contributed by atoms with Crippen molar-refractivity contribution in [1.82, 2.24) is 0 Å². The minimum Gasteiger partial charge on any atom is -0.393 e. The Labute approximate surface area is 130 Å². The molecule has 0 N–H and O–H groups in total. The summed E-state index contributed by atoms with van der Waals surface area (Å²) in [5.74, 6) is 0.724. The zero-order valence-corrected chi connectivity index (χ0v) is 14.5. The van der Waals surface area contributed by atoms with Crippen molar-refractivity contribution in [2.45, 2.75) is 91.9 Å². The van der Waals surface area contributed by atoms with Crippen molar-refractivity contribution in [1.29, 1.82) is 0 Å². The average Bonchev–Trinajstić information content (AvgIpc) is 2.37. The summed E-state index contributed by atoms with van der Waals surface area (Å²) in [6.07, 6.45) is 9.17. The average molecular weight is 298 g/mol. The van der Waals surface area contributed by atoms with E-state index >= 15 is 0 Å². The molecule has 0 aromatic carbocycles. The van der Waals surface area contributed by atoms with Gasteiger partial charge in [-0.1, -0.05) is 66.2 Å². The first-order chi connectivity index (χ1) is 9.91. The Morgan fingerprint density at radius 2 is 1.05 bits per heavy atom. The van der Waals surface area contributed by atoms with Crippen LogP contribution in [0.15, 0.2) is 0 Å². The van der Waals surface area contributed by atoms with Gasteiger partial charge in [0.05, 0.1) is 0 Å². The van der Waals surface area contributed by atoms with Gasteiger partial charge in [-0.25, -0.2) is 0 Å². The first kappa shape index (κ1) is 20.1. The zero-order valence-electron chi connectivity index (χ0n) is 14.5. The number of rotatable bonds is 12. The molecule has 0 aliphatic rings. The van der Waals surface area contributed by atoms with Crippen LogP contribution in [0.1, 0.15) is 91.9 Å². The minimum absolute atomic E-state index is 0.355. The number of ether oxygens (including phenoxy) is 1. The lowest BCUT2D eigenvalue weighted by molar-refractivity contribution is -0.159. The van der Waals surface area contributed by atoms with E-state index in [1.165, 1.54) is 12.8 Å². The van der Waals surface area contributed by atoms with Crippen LogP contribution in [-0.2, 0) is 14.3 Å². The van der Waals surface area contributed by atoms with Crippen LogP contribution in [0.25, 0.3) is 0 Å². The SMILES string of the molecule is CC(C)CCCCCC(=O)OC(=O)CCCCCC(C)C. The number of hydrogen-bond donors (Lipinski definition) is 0. The molecule has 0 atom stereocenters.